The molecule has 0 aliphatic carbocycles. The fraction of sp³-hybridized carbons (Fsp3) is 1.00. The third-order valence-corrected chi connectivity index (χ3v) is 1.55. The van der Waals surface area contributed by atoms with Crippen LogP contribution in [0.5, 0.6) is 0 Å². The number of halogens is 2. The first kappa shape index (κ1) is 6.89. The van der Waals surface area contributed by atoms with Crippen LogP contribution in [-0.2, 0) is 0 Å². The smallest absolute Gasteiger partial charge is 0.245 e. The Morgan fingerprint density at radius 1 is 1.44 bits per heavy atom. The Kier molecular flexibility index (Phi) is 1.97. The van der Waals surface area contributed by atoms with E-state index in [0.717, 1.165) is 0 Å². The molecule has 2 nitrogen and oxygen atoms in total. The van der Waals surface area contributed by atoms with Gasteiger partial charge in [-0.2, -0.15) is 0 Å². The van der Waals surface area contributed by atoms with Crippen LogP contribution in [0.4, 0.5) is 8.78 Å². The second-order valence-corrected chi connectivity index (χ2v) is 2.22. The van der Waals surface area contributed by atoms with Crippen LogP contribution >= 0.6 is 0 Å². The molecule has 0 aromatic rings. The van der Waals surface area contributed by atoms with Gasteiger partial charge in [0.05, 0.1) is 12.0 Å². The number of rotatable bonds is 1. The van der Waals surface area contributed by atoms with Gasteiger partial charge in [0, 0.05) is 13.1 Å². The van der Waals surface area contributed by atoms with Crippen LogP contribution in [-0.4, -0.2) is 30.7 Å². The van der Waals surface area contributed by atoms with Crippen LogP contribution in [0.15, 0.2) is 0 Å². The fourth-order valence-corrected chi connectivity index (χ4v) is 0.942. The second-order valence-electron chi connectivity index (χ2n) is 2.22. The third kappa shape index (κ3) is 1.37. The minimum absolute atomic E-state index is 0.235. The summed E-state index contributed by atoms with van der Waals surface area (Å²) in [5, 5.41) is 11.5. The van der Waals surface area contributed by atoms with Gasteiger partial charge in [0.2, 0.25) is 6.43 Å². The van der Waals surface area contributed by atoms with Gasteiger partial charge in [-0.1, -0.05) is 0 Å². The van der Waals surface area contributed by atoms with Crippen LogP contribution < -0.4 is 5.32 Å². The van der Waals surface area contributed by atoms with Gasteiger partial charge in [-0.05, 0) is 0 Å². The first-order valence-electron chi connectivity index (χ1n) is 2.88. The topological polar surface area (TPSA) is 32.3 Å². The maximum atomic E-state index is 11.8. The molecule has 4 heteroatoms. The lowest BCUT2D eigenvalue weighted by atomic mass is 10.1. The van der Waals surface area contributed by atoms with Crippen LogP contribution in [0.2, 0.25) is 0 Å². The molecule has 0 amide bonds. The van der Waals surface area contributed by atoms with E-state index in [9.17, 15) is 8.78 Å². The van der Waals surface area contributed by atoms with Crippen molar-refractivity contribution < 1.29 is 13.9 Å². The Hall–Kier alpha value is -0.220. The number of aliphatic hydroxyl groups is 1. The summed E-state index contributed by atoms with van der Waals surface area (Å²) in [4.78, 5) is 0. The normalized spacial score (nSPS) is 36.0. The first-order chi connectivity index (χ1) is 4.22. The molecule has 0 saturated carbocycles. The number of β-amino-alcohol motifs (C(OH)–C–C–N with tert-alkyl or cyclic N) is 1. The molecule has 1 aliphatic rings. The molecule has 0 spiro atoms. The zero-order chi connectivity index (χ0) is 6.85. The molecular weight excluding hydrogens is 128 g/mol. The lowest BCUT2D eigenvalue weighted by Crippen LogP contribution is -2.24. The molecule has 1 fully saturated rings. The summed E-state index contributed by atoms with van der Waals surface area (Å²) in [6.07, 6.45) is -3.25. The summed E-state index contributed by atoms with van der Waals surface area (Å²) in [7, 11) is 0. The monoisotopic (exact) mass is 137 g/mol. The molecule has 0 aromatic heterocycles. The van der Waals surface area contributed by atoms with Gasteiger partial charge in [-0.15, -0.1) is 0 Å². The van der Waals surface area contributed by atoms with Crippen molar-refractivity contribution >= 4 is 0 Å². The SMILES string of the molecule is O[C@H]1CNC[C@@H]1C(F)F. The summed E-state index contributed by atoms with van der Waals surface area (Å²) in [5.41, 5.74) is 0. The van der Waals surface area contributed by atoms with E-state index in [4.69, 9.17) is 5.11 Å². The van der Waals surface area contributed by atoms with Crippen LogP contribution in [0.1, 0.15) is 0 Å². The first-order valence-corrected chi connectivity index (χ1v) is 2.88. The zero-order valence-corrected chi connectivity index (χ0v) is 4.85. The van der Waals surface area contributed by atoms with Crippen LogP contribution in [0.3, 0.4) is 0 Å². The Balaban J connectivity index is 2.40. The molecule has 9 heavy (non-hydrogen) atoms. The summed E-state index contributed by atoms with van der Waals surface area (Å²) < 4.78 is 23.6. The van der Waals surface area contributed by atoms with Gasteiger partial charge in [-0.25, -0.2) is 8.78 Å². The van der Waals surface area contributed by atoms with Crippen molar-refractivity contribution in [2.45, 2.75) is 12.5 Å². The average Bonchev–Trinajstić information content (AvgIpc) is 2.13. The van der Waals surface area contributed by atoms with Gasteiger partial charge in [0.25, 0.3) is 0 Å². The van der Waals surface area contributed by atoms with Gasteiger partial charge in [0.15, 0.2) is 0 Å². The predicted molar refractivity (Wildman–Crippen MR) is 28.4 cm³/mol. The Morgan fingerprint density at radius 2 is 2.11 bits per heavy atom. The molecule has 1 rings (SSSR count). The van der Waals surface area contributed by atoms with Gasteiger partial charge < -0.3 is 10.4 Å². The number of nitrogens with one attached hydrogen (secondary N) is 1. The zero-order valence-electron chi connectivity index (χ0n) is 4.85. The predicted octanol–water partition coefficient (Wildman–Crippen LogP) is -0.168. The van der Waals surface area contributed by atoms with Gasteiger partial charge >= 0.3 is 0 Å². The molecule has 54 valence electrons. The molecule has 0 radical (unpaired) electrons. The van der Waals surface area contributed by atoms with E-state index in [2.05, 4.69) is 5.32 Å². The lowest BCUT2D eigenvalue weighted by Gasteiger charge is -2.10. The summed E-state index contributed by atoms with van der Waals surface area (Å²) >= 11 is 0. The number of hydrogen-bond donors (Lipinski definition) is 2. The van der Waals surface area contributed by atoms with Crippen molar-refractivity contribution in [3.8, 4) is 0 Å². The molecule has 0 unspecified atom stereocenters. The summed E-state index contributed by atoms with van der Waals surface area (Å²) in [6.45, 7) is 0.536. The fourth-order valence-electron chi connectivity index (χ4n) is 0.942. The van der Waals surface area contributed by atoms with E-state index < -0.39 is 18.4 Å². The van der Waals surface area contributed by atoms with Gasteiger partial charge in [-0.3, -0.25) is 0 Å². The largest absolute Gasteiger partial charge is 0.391 e. The van der Waals surface area contributed by atoms with Crippen molar-refractivity contribution in [1.29, 1.82) is 0 Å². The van der Waals surface area contributed by atoms with Crippen molar-refractivity contribution in [2.24, 2.45) is 5.92 Å². The van der Waals surface area contributed by atoms with Crippen molar-refractivity contribution in [3.05, 3.63) is 0 Å². The lowest BCUT2D eigenvalue weighted by molar-refractivity contribution is 0.0203. The minimum atomic E-state index is -2.39. The van der Waals surface area contributed by atoms with Crippen molar-refractivity contribution in [2.75, 3.05) is 13.1 Å². The molecule has 1 saturated heterocycles. The van der Waals surface area contributed by atoms with E-state index in [1.807, 2.05) is 0 Å². The Bertz CT molecular complexity index is 99.0. The average molecular weight is 137 g/mol. The highest BCUT2D eigenvalue weighted by atomic mass is 19.3. The molecule has 1 heterocycles. The molecule has 2 N–H and O–H groups in total. The molecule has 0 bridgehead atoms. The van der Waals surface area contributed by atoms with E-state index >= 15 is 0 Å². The van der Waals surface area contributed by atoms with E-state index in [0.29, 0.717) is 6.54 Å². The summed E-state index contributed by atoms with van der Waals surface area (Å²) in [6, 6.07) is 0. The van der Waals surface area contributed by atoms with Crippen molar-refractivity contribution in [3.63, 3.8) is 0 Å². The third-order valence-electron chi connectivity index (χ3n) is 1.55. The standard InChI is InChI=1S/C5H9F2NO/c6-5(7)3-1-8-2-4(3)9/h3-5,8-9H,1-2H2/t3-,4-/m0/s1. The molecule has 2 atom stereocenters. The highest BCUT2D eigenvalue weighted by Crippen LogP contribution is 2.16. The highest BCUT2D eigenvalue weighted by molar-refractivity contribution is 4.81. The number of alkyl halides is 2. The second kappa shape index (κ2) is 2.58. The minimum Gasteiger partial charge on any atom is -0.391 e. The quantitative estimate of drug-likeness (QED) is 0.526. The van der Waals surface area contributed by atoms with E-state index in [1.54, 1.807) is 0 Å². The number of hydrogen-bond acceptors (Lipinski definition) is 2. The summed E-state index contributed by atoms with van der Waals surface area (Å²) in [5.74, 6) is -0.856. The molecule has 0 aromatic carbocycles. The van der Waals surface area contributed by atoms with Gasteiger partial charge in [0.1, 0.15) is 0 Å². The van der Waals surface area contributed by atoms with Crippen LogP contribution in [0, 0.1) is 5.92 Å². The number of aliphatic hydroxyl groups excluding tert-OH is 1. The van der Waals surface area contributed by atoms with E-state index in [-0.39, 0.29) is 6.54 Å². The maximum Gasteiger partial charge on any atom is 0.245 e. The van der Waals surface area contributed by atoms with Crippen molar-refractivity contribution in [1.82, 2.24) is 5.32 Å². The molecular formula is C5H9F2NO. The molecule has 1 aliphatic heterocycles. The Morgan fingerprint density at radius 3 is 2.33 bits per heavy atom. The Labute approximate surface area is 51.9 Å². The van der Waals surface area contributed by atoms with Crippen LogP contribution in [0.25, 0.3) is 0 Å². The maximum absolute atomic E-state index is 11.8. The van der Waals surface area contributed by atoms with E-state index in [1.165, 1.54) is 0 Å². The highest BCUT2D eigenvalue weighted by Gasteiger charge is 2.32.